The third-order valence-corrected chi connectivity index (χ3v) is 3.54. The quantitative estimate of drug-likeness (QED) is 0.751. The molecule has 1 aliphatic heterocycles. The number of ether oxygens (including phenoxy) is 1. The molecule has 2 atom stereocenters. The van der Waals surface area contributed by atoms with Crippen LogP contribution in [0.2, 0.25) is 0 Å². The third kappa shape index (κ3) is 1.89. The number of hydrogen-bond acceptors (Lipinski definition) is 4. The fourth-order valence-electron chi connectivity index (χ4n) is 2.74. The first-order valence-corrected chi connectivity index (χ1v) is 5.59. The summed E-state index contributed by atoms with van der Waals surface area (Å²) in [6.07, 6.45) is 4.56. The Morgan fingerprint density at radius 1 is 1.33 bits per heavy atom. The molecule has 5 heteroatoms. The van der Waals surface area contributed by atoms with Gasteiger partial charge in [-0.3, -0.25) is 0 Å². The molecule has 0 amide bonds. The zero-order valence-corrected chi connectivity index (χ0v) is 8.65. The predicted octanol–water partition coefficient (Wildman–Crippen LogP) is 0.319. The average molecular weight is 208 g/mol. The fourth-order valence-corrected chi connectivity index (χ4v) is 2.74. The van der Waals surface area contributed by atoms with E-state index in [1.54, 1.807) is 6.20 Å². The highest BCUT2D eigenvalue weighted by Crippen LogP contribution is 2.36. The minimum Gasteiger partial charge on any atom is -0.372 e. The van der Waals surface area contributed by atoms with Gasteiger partial charge in [0, 0.05) is 0 Å². The van der Waals surface area contributed by atoms with Crippen molar-refractivity contribution in [3.05, 3.63) is 11.9 Å². The van der Waals surface area contributed by atoms with Gasteiger partial charge in [0.15, 0.2) is 0 Å². The van der Waals surface area contributed by atoms with Gasteiger partial charge < -0.3 is 10.1 Å². The molecule has 0 radical (unpaired) electrons. The molecule has 1 aromatic rings. The van der Waals surface area contributed by atoms with E-state index in [2.05, 4.69) is 20.7 Å². The van der Waals surface area contributed by atoms with Crippen LogP contribution in [0.15, 0.2) is 6.20 Å². The van der Waals surface area contributed by atoms with Crippen molar-refractivity contribution < 1.29 is 4.74 Å². The molecular formula is C10H16N4O. The Morgan fingerprint density at radius 2 is 2.13 bits per heavy atom. The molecule has 5 nitrogen and oxygen atoms in total. The molecule has 2 fully saturated rings. The number of aromatic amines is 1. The van der Waals surface area contributed by atoms with Crippen LogP contribution in [0.1, 0.15) is 18.5 Å². The molecule has 0 bridgehead atoms. The Morgan fingerprint density at radius 3 is 2.80 bits per heavy atom. The van der Waals surface area contributed by atoms with Crippen molar-refractivity contribution in [2.24, 2.45) is 11.8 Å². The minimum absolute atomic E-state index is 0.429. The molecule has 2 N–H and O–H groups in total. The highest BCUT2D eigenvalue weighted by atomic mass is 16.5. The lowest BCUT2D eigenvalue weighted by Gasteiger charge is -2.11. The molecule has 1 aliphatic carbocycles. The molecule has 1 saturated heterocycles. The molecule has 1 saturated carbocycles. The standard InChI is InChI=1S/C10H16N4O/c1-7-3-11-4-8(7)2-10(1)15-6-9-5-12-14-13-9/h5,7-8,10-11H,1-4,6H2,(H,12,13,14)/t7-,8-/m1/s1. The zero-order chi connectivity index (χ0) is 10.1. The van der Waals surface area contributed by atoms with Gasteiger partial charge in [-0.1, -0.05) is 0 Å². The summed E-state index contributed by atoms with van der Waals surface area (Å²) >= 11 is 0. The van der Waals surface area contributed by atoms with E-state index in [1.165, 1.54) is 25.9 Å². The van der Waals surface area contributed by atoms with E-state index in [0.717, 1.165) is 17.5 Å². The molecule has 3 rings (SSSR count). The summed E-state index contributed by atoms with van der Waals surface area (Å²) in [5, 5.41) is 13.8. The molecule has 82 valence electrons. The maximum Gasteiger partial charge on any atom is 0.108 e. The number of hydrogen-bond donors (Lipinski definition) is 2. The maximum absolute atomic E-state index is 5.83. The van der Waals surface area contributed by atoms with Crippen molar-refractivity contribution in [1.82, 2.24) is 20.7 Å². The van der Waals surface area contributed by atoms with Gasteiger partial charge in [0.1, 0.15) is 5.69 Å². The smallest absolute Gasteiger partial charge is 0.108 e. The maximum atomic E-state index is 5.83. The third-order valence-electron chi connectivity index (χ3n) is 3.54. The molecule has 15 heavy (non-hydrogen) atoms. The second-order valence-corrected chi connectivity index (χ2v) is 4.54. The fraction of sp³-hybridized carbons (Fsp3) is 0.800. The number of aromatic nitrogens is 3. The number of rotatable bonds is 3. The predicted molar refractivity (Wildman–Crippen MR) is 54.0 cm³/mol. The first-order valence-electron chi connectivity index (χ1n) is 5.59. The second kappa shape index (κ2) is 3.90. The van der Waals surface area contributed by atoms with Crippen LogP contribution in [0.3, 0.4) is 0 Å². The van der Waals surface area contributed by atoms with Crippen molar-refractivity contribution in [3.63, 3.8) is 0 Å². The minimum atomic E-state index is 0.429. The van der Waals surface area contributed by atoms with Crippen molar-refractivity contribution in [1.29, 1.82) is 0 Å². The zero-order valence-electron chi connectivity index (χ0n) is 8.65. The van der Waals surface area contributed by atoms with E-state index in [0.29, 0.717) is 12.7 Å². The van der Waals surface area contributed by atoms with Crippen molar-refractivity contribution in [2.45, 2.75) is 25.6 Å². The Balaban J connectivity index is 1.49. The number of nitrogens with one attached hydrogen (secondary N) is 2. The van der Waals surface area contributed by atoms with Gasteiger partial charge >= 0.3 is 0 Å². The summed E-state index contributed by atoms with van der Waals surface area (Å²) in [6, 6.07) is 0. The van der Waals surface area contributed by atoms with Crippen LogP contribution in [0.25, 0.3) is 0 Å². The van der Waals surface area contributed by atoms with E-state index < -0.39 is 0 Å². The monoisotopic (exact) mass is 208 g/mol. The van der Waals surface area contributed by atoms with Gasteiger partial charge in [-0.2, -0.15) is 15.4 Å². The van der Waals surface area contributed by atoms with Crippen LogP contribution < -0.4 is 5.32 Å². The van der Waals surface area contributed by atoms with E-state index in [1.807, 2.05) is 0 Å². The summed E-state index contributed by atoms with van der Waals surface area (Å²) in [6.45, 7) is 2.94. The number of nitrogens with zero attached hydrogens (tertiary/aromatic N) is 2. The van der Waals surface area contributed by atoms with Crippen molar-refractivity contribution in [3.8, 4) is 0 Å². The van der Waals surface area contributed by atoms with Crippen LogP contribution in [-0.4, -0.2) is 34.6 Å². The normalized spacial score (nSPS) is 30.9. The van der Waals surface area contributed by atoms with E-state index in [-0.39, 0.29) is 0 Å². The van der Waals surface area contributed by atoms with Gasteiger partial charge in [0.2, 0.25) is 0 Å². The summed E-state index contributed by atoms with van der Waals surface area (Å²) in [4.78, 5) is 0. The van der Waals surface area contributed by atoms with Crippen LogP contribution in [0, 0.1) is 11.8 Å². The van der Waals surface area contributed by atoms with E-state index in [9.17, 15) is 0 Å². The van der Waals surface area contributed by atoms with Gasteiger partial charge in [-0.05, 0) is 37.8 Å². The second-order valence-electron chi connectivity index (χ2n) is 4.54. The van der Waals surface area contributed by atoms with Crippen LogP contribution in [0.4, 0.5) is 0 Å². The van der Waals surface area contributed by atoms with Gasteiger partial charge in [0.25, 0.3) is 0 Å². The van der Waals surface area contributed by atoms with Crippen molar-refractivity contribution in [2.75, 3.05) is 13.1 Å². The summed E-state index contributed by atoms with van der Waals surface area (Å²) in [5.41, 5.74) is 0.894. The molecule has 1 aromatic heterocycles. The highest BCUT2D eigenvalue weighted by Gasteiger charge is 2.37. The SMILES string of the molecule is c1n[nH]nc1COC1C[C@@H]2CNC[C@H]2C1. The summed E-state index contributed by atoms with van der Waals surface area (Å²) in [7, 11) is 0. The van der Waals surface area contributed by atoms with Gasteiger partial charge in [0.05, 0.1) is 18.9 Å². The number of H-pyrrole nitrogens is 1. The summed E-state index contributed by atoms with van der Waals surface area (Å²) in [5.74, 6) is 1.68. The lowest BCUT2D eigenvalue weighted by Crippen LogP contribution is -2.16. The van der Waals surface area contributed by atoms with Gasteiger partial charge in [-0.15, -0.1) is 0 Å². The largest absolute Gasteiger partial charge is 0.372 e. The molecule has 2 heterocycles. The highest BCUT2D eigenvalue weighted by molar-refractivity contribution is 4.92. The topological polar surface area (TPSA) is 62.8 Å². The molecule has 0 aromatic carbocycles. The number of fused-ring (bicyclic) bond motifs is 1. The Hall–Kier alpha value is -0.940. The Bertz CT molecular complexity index is 301. The van der Waals surface area contributed by atoms with E-state index >= 15 is 0 Å². The molecular weight excluding hydrogens is 192 g/mol. The molecule has 0 unspecified atom stereocenters. The van der Waals surface area contributed by atoms with E-state index in [4.69, 9.17) is 4.74 Å². The lowest BCUT2D eigenvalue weighted by atomic mass is 10.0. The Kier molecular flexibility index (Phi) is 2.42. The van der Waals surface area contributed by atoms with Gasteiger partial charge in [-0.25, -0.2) is 0 Å². The van der Waals surface area contributed by atoms with Crippen molar-refractivity contribution >= 4 is 0 Å². The van der Waals surface area contributed by atoms with Crippen LogP contribution >= 0.6 is 0 Å². The van der Waals surface area contributed by atoms with Crippen LogP contribution in [0.5, 0.6) is 0 Å². The summed E-state index contributed by atoms with van der Waals surface area (Å²) < 4.78 is 5.83. The first-order chi connectivity index (χ1) is 7.42. The lowest BCUT2D eigenvalue weighted by molar-refractivity contribution is 0.0385. The Labute approximate surface area is 88.6 Å². The van der Waals surface area contributed by atoms with Crippen LogP contribution in [-0.2, 0) is 11.3 Å². The average Bonchev–Trinajstić information content (AvgIpc) is 2.91. The first kappa shape index (κ1) is 9.30. The molecule has 0 spiro atoms. The molecule has 2 aliphatic rings.